The predicted octanol–water partition coefficient (Wildman–Crippen LogP) is 0.791. The van der Waals surface area contributed by atoms with E-state index in [9.17, 15) is 4.79 Å². The predicted molar refractivity (Wildman–Crippen MR) is 53.2 cm³/mol. The van der Waals surface area contributed by atoms with Crippen LogP contribution in [0, 0.1) is 10.8 Å². The molecule has 3 N–H and O–H groups in total. The lowest BCUT2D eigenvalue weighted by Crippen LogP contribution is -2.47. The number of nitrogens with one attached hydrogen (secondary N) is 1. The van der Waals surface area contributed by atoms with Crippen molar-refractivity contribution in [1.82, 2.24) is 4.90 Å². The summed E-state index contributed by atoms with van der Waals surface area (Å²) in [6.07, 6.45) is 1.17. The molecule has 1 amide bonds. The van der Waals surface area contributed by atoms with Gasteiger partial charge in [-0.15, -0.1) is 0 Å². The Kier molecular flexibility index (Phi) is 2.98. The summed E-state index contributed by atoms with van der Waals surface area (Å²) in [5.41, 5.74) is 5.26. The molecular formula is C9H17N3O2. The normalized spacial score (nSPS) is 20.3. The number of amidine groups is 1. The summed E-state index contributed by atoms with van der Waals surface area (Å²) in [6, 6.07) is 0. The number of carbonyl (C=O) groups excluding carboxylic acids is 1. The highest BCUT2D eigenvalue weighted by atomic mass is 16.5. The molecule has 80 valence electrons. The first kappa shape index (κ1) is 10.8. The van der Waals surface area contributed by atoms with E-state index < -0.39 is 0 Å². The number of amides is 1. The number of ether oxygens (including phenoxy) is 1. The van der Waals surface area contributed by atoms with Crippen molar-refractivity contribution in [2.75, 3.05) is 20.2 Å². The lowest BCUT2D eigenvalue weighted by atomic mass is 9.79. The first-order valence-corrected chi connectivity index (χ1v) is 4.67. The number of piperidine rings is 1. The minimum Gasteiger partial charge on any atom is -0.453 e. The Hall–Kier alpha value is -1.26. The van der Waals surface area contributed by atoms with Gasteiger partial charge in [0.05, 0.1) is 12.9 Å². The highest BCUT2D eigenvalue weighted by Gasteiger charge is 2.34. The van der Waals surface area contributed by atoms with Crippen molar-refractivity contribution in [3.05, 3.63) is 0 Å². The average molecular weight is 199 g/mol. The molecule has 0 aliphatic carbocycles. The summed E-state index contributed by atoms with van der Waals surface area (Å²) in [5.74, 6) is 0.210. The van der Waals surface area contributed by atoms with Crippen LogP contribution in [0.25, 0.3) is 0 Å². The third kappa shape index (κ3) is 1.97. The molecule has 0 aromatic carbocycles. The quantitative estimate of drug-likeness (QED) is 0.484. The van der Waals surface area contributed by atoms with Gasteiger partial charge in [-0.05, 0) is 12.8 Å². The van der Waals surface area contributed by atoms with E-state index >= 15 is 0 Å². The molecule has 5 nitrogen and oxygen atoms in total. The lowest BCUT2D eigenvalue weighted by Gasteiger charge is -2.37. The fraction of sp³-hybridized carbons (Fsp3) is 0.778. The number of likely N-dealkylation sites (tertiary alicyclic amines) is 1. The van der Waals surface area contributed by atoms with Gasteiger partial charge in [0.15, 0.2) is 0 Å². The minimum atomic E-state index is -0.296. The van der Waals surface area contributed by atoms with Crippen molar-refractivity contribution in [1.29, 1.82) is 5.41 Å². The van der Waals surface area contributed by atoms with Crippen molar-refractivity contribution >= 4 is 11.9 Å². The summed E-state index contributed by atoms with van der Waals surface area (Å²) in [7, 11) is 1.38. The van der Waals surface area contributed by atoms with Gasteiger partial charge in [-0.2, -0.15) is 0 Å². The maximum absolute atomic E-state index is 11.2. The molecule has 1 fully saturated rings. The maximum Gasteiger partial charge on any atom is 0.409 e. The number of carbonyl (C=O) groups is 1. The van der Waals surface area contributed by atoms with E-state index in [0.717, 1.165) is 12.8 Å². The third-order valence-electron chi connectivity index (χ3n) is 2.95. The minimum absolute atomic E-state index is 0.210. The van der Waals surface area contributed by atoms with Crippen LogP contribution >= 0.6 is 0 Å². The highest BCUT2D eigenvalue weighted by molar-refractivity contribution is 5.83. The fourth-order valence-electron chi connectivity index (χ4n) is 1.58. The van der Waals surface area contributed by atoms with Gasteiger partial charge in [-0.25, -0.2) is 4.79 Å². The van der Waals surface area contributed by atoms with E-state index in [1.54, 1.807) is 4.90 Å². The van der Waals surface area contributed by atoms with E-state index in [0.29, 0.717) is 13.1 Å². The Morgan fingerprint density at radius 3 is 2.36 bits per heavy atom. The van der Waals surface area contributed by atoms with E-state index in [1.807, 2.05) is 6.92 Å². The van der Waals surface area contributed by atoms with Crippen LogP contribution in [0.15, 0.2) is 0 Å². The van der Waals surface area contributed by atoms with Crippen LogP contribution < -0.4 is 5.73 Å². The number of rotatable bonds is 1. The Morgan fingerprint density at radius 2 is 2.00 bits per heavy atom. The van der Waals surface area contributed by atoms with Crippen LogP contribution in [-0.2, 0) is 4.74 Å². The van der Waals surface area contributed by atoms with Gasteiger partial charge in [0.25, 0.3) is 0 Å². The number of nitrogens with zero attached hydrogens (tertiary/aromatic N) is 1. The van der Waals surface area contributed by atoms with Gasteiger partial charge in [-0.1, -0.05) is 6.92 Å². The maximum atomic E-state index is 11.2. The van der Waals surface area contributed by atoms with Crippen molar-refractivity contribution in [2.24, 2.45) is 11.1 Å². The number of nitrogens with two attached hydrogens (primary N) is 1. The standard InChI is InChI=1S/C9H17N3O2/c1-9(7(10)11)3-5-12(6-4-9)8(13)14-2/h3-6H2,1-2H3,(H3,10,11). The SMILES string of the molecule is COC(=O)N1CCC(C)(C(=N)N)CC1. The molecule has 1 saturated heterocycles. The second-order valence-electron chi connectivity index (χ2n) is 3.93. The first-order chi connectivity index (χ1) is 6.49. The first-order valence-electron chi connectivity index (χ1n) is 4.67. The van der Waals surface area contributed by atoms with Crippen LogP contribution in [0.2, 0.25) is 0 Å². The summed E-state index contributed by atoms with van der Waals surface area (Å²) in [4.78, 5) is 12.8. The van der Waals surface area contributed by atoms with E-state index in [2.05, 4.69) is 4.74 Å². The Balaban J connectivity index is 2.54. The lowest BCUT2D eigenvalue weighted by molar-refractivity contribution is 0.0999. The molecule has 1 rings (SSSR count). The van der Waals surface area contributed by atoms with Crippen LogP contribution in [0.3, 0.4) is 0 Å². The average Bonchev–Trinajstić information content (AvgIpc) is 2.17. The van der Waals surface area contributed by atoms with E-state index in [-0.39, 0.29) is 17.3 Å². The molecule has 0 unspecified atom stereocenters. The van der Waals surface area contributed by atoms with Gasteiger partial charge < -0.3 is 15.4 Å². The molecular weight excluding hydrogens is 182 g/mol. The fourth-order valence-corrected chi connectivity index (χ4v) is 1.58. The molecule has 14 heavy (non-hydrogen) atoms. The zero-order valence-electron chi connectivity index (χ0n) is 8.67. The monoisotopic (exact) mass is 199 g/mol. The number of hydrogen-bond acceptors (Lipinski definition) is 3. The molecule has 0 aromatic heterocycles. The third-order valence-corrected chi connectivity index (χ3v) is 2.95. The molecule has 1 aliphatic rings. The number of methoxy groups -OCH3 is 1. The molecule has 0 atom stereocenters. The molecule has 0 radical (unpaired) electrons. The van der Waals surface area contributed by atoms with Crippen molar-refractivity contribution < 1.29 is 9.53 Å². The summed E-state index contributed by atoms with van der Waals surface area (Å²) in [5, 5.41) is 7.45. The topological polar surface area (TPSA) is 79.4 Å². The van der Waals surface area contributed by atoms with Crippen LogP contribution in [0.1, 0.15) is 19.8 Å². The molecule has 0 spiro atoms. The number of hydrogen-bond donors (Lipinski definition) is 2. The summed E-state index contributed by atoms with van der Waals surface area (Å²) < 4.78 is 4.62. The molecule has 5 heteroatoms. The van der Waals surface area contributed by atoms with Crippen LogP contribution in [0.4, 0.5) is 4.79 Å². The Labute approximate surface area is 83.7 Å². The zero-order valence-corrected chi connectivity index (χ0v) is 8.67. The molecule has 1 heterocycles. The Bertz CT molecular complexity index is 244. The second-order valence-corrected chi connectivity index (χ2v) is 3.93. The van der Waals surface area contributed by atoms with Gasteiger partial charge in [0.2, 0.25) is 0 Å². The second kappa shape index (κ2) is 3.86. The van der Waals surface area contributed by atoms with Gasteiger partial charge in [0, 0.05) is 18.5 Å². The van der Waals surface area contributed by atoms with E-state index in [1.165, 1.54) is 7.11 Å². The van der Waals surface area contributed by atoms with Gasteiger partial charge in [-0.3, -0.25) is 5.41 Å². The van der Waals surface area contributed by atoms with Crippen molar-refractivity contribution in [3.8, 4) is 0 Å². The Morgan fingerprint density at radius 1 is 1.50 bits per heavy atom. The van der Waals surface area contributed by atoms with Crippen LogP contribution in [0.5, 0.6) is 0 Å². The van der Waals surface area contributed by atoms with E-state index in [4.69, 9.17) is 11.1 Å². The smallest absolute Gasteiger partial charge is 0.409 e. The zero-order chi connectivity index (χ0) is 10.8. The molecule has 0 saturated carbocycles. The summed E-state index contributed by atoms with van der Waals surface area (Å²) >= 11 is 0. The molecule has 0 bridgehead atoms. The molecule has 0 aromatic rings. The van der Waals surface area contributed by atoms with Crippen LogP contribution in [-0.4, -0.2) is 37.0 Å². The van der Waals surface area contributed by atoms with Gasteiger partial charge in [0.1, 0.15) is 0 Å². The molecule has 1 aliphatic heterocycles. The van der Waals surface area contributed by atoms with Crippen molar-refractivity contribution in [3.63, 3.8) is 0 Å². The highest BCUT2D eigenvalue weighted by Crippen LogP contribution is 2.30. The van der Waals surface area contributed by atoms with Crippen molar-refractivity contribution in [2.45, 2.75) is 19.8 Å². The van der Waals surface area contributed by atoms with Gasteiger partial charge >= 0.3 is 6.09 Å². The largest absolute Gasteiger partial charge is 0.453 e. The summed E-state index contributed by atoms with van der Waals surface area (Å²) in [6.45, 7) is 3.19.